The van der Waals surface area contributed by atoms with Gasteiger partial charge in [-0.3, -0.25) is 0 Å². The smallest absolute Gasteiger partial charge is 0.346 e. The Kier molecular flexibility index (Phi) is 3.38. The van der Waals surface area contributed by atoms with E-state index in [2.05, 4.69) is 11.6 Å². The van der Waals surface area contributed by atoms with Gasteiger partial charge in [0, 0.05) is 13.0 Å². The summed E-state index contributed by atoms with van der Waals surface area (Å²) in [6.07, 6.45) is 2.12. The Morgan fingerprint density at radius 1 is 1.47 bits per heavy atom. The maximum atomic E-state index is 12.9. The molecule has 0 saturated carbocycles. The van der Waals surface area contributed by atoms with Crippen molar-refractivity contribution in [2.75, 3.05) is 6.54 Å². The second-order valence-corrected chi connectivity index (χ2v) is 4.76. The molecule has 0 saturated heterocycles. The first-order valence-corrected chi connectivity index (χ1v) is 5.99. The summed E-state index contributed by atoms with van der Waals surface area (Å²) in [6, 6.07) is 5.79. The van der Waals surface area contributed by atoms with Crippen molar-refractivity contribution in [2.24, 2.45) is 10.7 Å². The summed E-state index contributed by atoms with van der Waals surface area (Å²) in [5.41, 5.74) is 6.08. The predicted molar refractivity (Wildman–Crippen MR) is 72.4 cm³/mol. The van der Waals surface area contributed by atoms with E-state index in [1.165, 1.54) is 12.1 Å². The van der Waals surface area contributed by atoms with Crippen molar-refractivity contribution in [1.29, 1.82) is 0 Å². The number of aliphatic imine (C=N–C) groups is 1. The van der Waals surface area contributed by atoms with Gasteiger partial charge in [-0.25, -0.2) is 9.18 Å². The van der Waals surface area contributed by atoms with Crippen molar-refractivity contribution in [3.8, 4) is 0 Å². The summed E-state index contributed by atoms with van der Waals surface area (Å²) < 4.78 is 12.9. The van der Waals surface area contributed by atoms with Gasteiger partial charge in [0.2, 0.25) is 0 Å². The van der Waals surface area contributed by atoms with Gasteiger partial charge in [0.1, 0.15) is 17.2 Å². The molecule has 2 N–H and O–H groups in total. The summed E-state index contributed by atoms with van der Waals surface area (Å²) in [5, 5.41) is 0. The number of rotatable bonds is 4. The maximum absolute atomic E-state index is 12.9. The van der Waals surface area contributed by atoms with Crippen LogP contribution in [0.4, 0.5) is 9.18 Å². The van der Waals surface area contributed by atoms with E-state index in [-0.39, 0.29) is 17.7 Å². The average molecular weight is 261 g/mol. The number of hydrogen-bond donors (Lipinski definition) is 1. The van der Waals surface area contributed by atoms with Crippen LogP contribution in [0, 0.1) is 5.82 Å². The van der Waals surface area contributed by atoms with E-state index < -0.39 is 5.54 Å². The van der Waals surface area contributed by atoms with Crippen molar-refractivity contribution in [1.82, 2.24) is 4.90 Å². The molecule has 0 spiro atoms. The number of carbonyl (C=O) groups excluding carboxylic acids is 1. The third kappa shape index (κ3) is 2.36. The molecule has 1 heterocycles. The van der Waals surface area contributed by atoms with Crippen molar-refractivity contribution >= 4 is 11.9 Å². The molecule has 2 amide bonds. The van der Waals surface area contributed by atoms with Crippen LogP contribution >= 0.6 is 0 Å². The molecule has 100 valence electrons. The van der Waals surface area contributed by atoms with Crippen LogP contribution in [-0.2, 0) is 6.42 Å². The molecule has 5 heteroatoms. The van der Waals surface area contributed by atoms with Gasteiger partial charge in [0.15, 0.2) is 0 Å². The molecule has 0 bridgehead atoms. The van der Waals surface area contributed by atoms with E-state index in [0.29, 0.717) is 13.0 Å². The number of carbonyl (C=O) groups is 1. The number of amidine groups is 1. The van der Waals surface area contributed by atoms with E-state index in [1.807, 2.05) is 6.92 Å². The van der Waals surface area contributed by atoms with Crippen LogP contribution in [0.5, 0.6) is 0 Å². The molecule has 0 aromatic heterocycles. The molecule has 4 nitrogen and oxygen atoms in total. The highest BCUT2D eigenvalue weighted by atomic mass is 19.1. The van der Waals surface area contributed by atoms with E-state index in [4.69, 9.17) is 5.73 Å². The number of amides is 2. The fourth-order valence-electron chi connectivity index (χ4n) is 2.23. The number of nitrogens with two attached hydrogens (primary N) is 1. The minimum Gasteiger partial charge on any atom is -0.385 e. The zero-order valence-electron chi connectivity index (χ0n) is 10.8. The van der Waals surface area contributed by atoms with Gasteiger partial charge in [0.05, 0.1) is 0 Å². The van der Waals surface area contributed by atoms with Crippen molar-refractivity contribution < 1.29 is 9.18 Å². The third-order valence-electron chi connectivity index (χ3n) is 3.37. The third-order valence-corrected chi connectivity index (χ3v) is 3.37. The first-order valence-electron chi connectivity index (χ1n) is 5.99. The second-order valence-electron chi connectivity index (χ2n) is 4.76. The number of benzene rings is 1. The highest BCUT2D eigenvalue weighted by Gasteiger charge is 2.43. The molecular formula is C14H16FN3O. The normalized spacial score (nSPS) is 22.5. The van der Waals surface area contributed by atoms with Gasteiger partial charge in [-0.05, 0) is 24.6 Å². The summed E-state index contributed by atoms with van der Waals surface area (Å²) in [4.78, 5) is 17.2. The number of nitrogens with zero attached hydrogens (tertiary/aromatic N) is 2. The Balaban J connectivity index is 2.29. The van der Waals surface area contributed by atoms with Crippen molar-refractivity contribution in [3.63, 3.8) is 0 Å². The van der Waals surface area contributed by atoms with Crippen LogP contribution < -0.4 is 5.73 Å². The highest BCUT2D eigenvalue weighted by molar-refractivity contribution is 6.05. The Bertz CT molecular complexity index is 538. The molecule has 1 aliphatic rings. The van der Waals surface area contributed by atoms with Gasteiger partial charge in [-0.1, -0.05) is 18.2 Å². The number of urea groups is 1. The average Bonchev–Trinajstić information content (AvgIpc) is 2.57. The lowest BCUT2D eigenvalue weighted by molar-refractivity contribution is 0.187. The van der Waals surface area contributed by atoms with Gasteiger partial charge < -0.3 is 10.6 Å². The monoisotopic (exact) mass is 261 g/mol. The number of hydrogen-bond acceptors (Lipinski definition) is 2. The van der Waals surface area contributed by atoms with Crippen LogP contribution in [0.25, 0.3) is 0 Å². The summed E-state index contributed by atoms with van der Waals surface area (Å²) in [6.45, 7) is 5.86. The summed E-state index contributed by atoms with van der Waals surface area (Å²) in [7, 11) is 0. The van der Waals surface area contributed by atoms with Gasteiger partial charge in [-0.15, -0.1) is 6.58 Å². The Labute approximate surface area is 111 Å². The molecule has 19 heavy (non-hydrogen) atoms. The Hall–Kier alpha value is -2.17. The predicted octanol–water partition coefficient (Wildman–Crippen LogP) is 2.11. The van der Waals surface area contributed by atoms with E-state index in [0.717, 1.165) is 5.56 Å². The van der Waals surface area contributed by atoms with E-state index >= 15 is 0 Å². The van der Waals surface area contributed by atoms with Crippen LogP contribution in [0.3, 0.4) is 0 Å². The fourth-order valence-corrected chi connectivity index (χ4v) is 2.23. The van der Waals surface area contributed by atoms with Crippen LogP contribution in [0.2, 0.25) is 0 Å². The van der Waals surface area contributed by atoms with Crippen molar-refractivity contribution in [2.45, 2.75) is 18.9 Å². The molecule has 1 aromatic carbocycles. The van der Waals surface area contributed by atoms with Crippen molar-refractivity contribution in [3.05, 3.63) is 48.3 Å². The molecule has 1 aromatic rings. The van der Waals surface area contributed by atoms with Crippen LogP contribution in [-0.4, -0.2) is 28.9 Å². The molecule has 2 rings (SSSR count). The second kappa shape index (κ2) is 4.84. The largest absolute Gasteiger partial charge is 0.385 e. The fraction of sp³-hybridized carbons (Fsp3) is 0.286. The molecule has 1 aliphatic heterocycles. The lowest BCUT2D eigenvalue weighted by Gasteiger charge is -2.34. The molecule has 0 aliphatic carbocycles. The standard InChI is InChI=1S/C14H16FN3O/c1-3-8-18-13(19)17-12(16)14(18,2)9-10-4-6-11(15)7-5-10/h3-7H,1,8-9H2,2H3,(H2,16,17,19). The minimum absolute atomic E-state index is 0.281. The zero-order chi connectivity index (χ0) is 14.0. The topological polar surface area (TPSA) is 58.7 Å². The Morgan fingerprint density at radius 2 is 2.11 bits per heavy atom. The molecule has 0 fully saturated rings. The lowest BCUT2D eigenvalue weighted by atomic mass is 9.90. The van der Waals surface area contributed by atoms with Gasteiger partial charge in [0.25, 0.3) is 0 Å². The highest BCUT2D eigenvalue weighted by Crippen LogP contribution is 2.27. The summed E-state index contributed by atoms with van der Waals surface area (Å²) >= 11 is 0. The van der Waals surface area contributed by atoms with Crippen LogP contribution in [0.1, 0.15) is 12.5 Å². The van der Waals surface area contributed by atoms with Gasteiger partial charge in [-0.2, -0.15) is 4.99 Å². The number of halogens is 1. The first-order chi connectivity index (χ1) is 8.97. The zero-order valence-corrected chi connectivity index (χ0v) is 10.8. The van der Waals surface area contributed by atoms with Crippen LogP contribution in [0.15, 0.2) is 41.9 Å². The quantitative estimate of drug-likeness (QED) is 0.844. The van der Waals surface area contributed by atoms with Gasteiger partial charge >= 0.3 is 6.03 Å². The minimum atomic E-state index is -0.691. The molecule has 0 radical (unpaired) electrons. The molecule has 1 unspecified atom stereocenters. The van der Waals surface area contributed by atoms with E-state index in [1.54, 1.807) is 23.1 Å². The SMILES string of the molecule is C=CCN1C(=O)N=C(N)C1(C)Cc1ccc(F)cc1. The molecular weight excluding hydrogens is 245 g/mol. The first kappa shape index (κ1) is 13.3. The summed E-state index contributed by atoms with van der Waals surface area (Å²) in [5.74, 6) is -0.00957. The maximum Gasteiger partial charge on any atom is 0.346 e. The molecule has 1 atom stereocenters. The Morgan fingerprint density at radius 3 is 2.68 bits per heavy atom. The lowest BCUT2D eigenvalue weighted by Crippen LogP contribution is -2.53. The van der Waals surface area contributed by atoms with E-state index in [9.17, 15) is 9.18 Å².